The number of carbonyl (C=O) groups excluding carboxylic acids is 1. The quantitative estimate of drug-likeness (QED) is 0.455. The van der Waals surface area contributed by atoms with Crippen molar-refractivity contribution < 1.29 is 18.8 Å². The standard InChI is InChI=1S/C24H23N3O5/c1-3-17-8-4-6-10-20(17)31-15-23(28)26-19-9-5-7-11-21(19)30-14-18-13-24(29)27-22(25-18)12-16(2)32-27/h4-13H,3,14-15H2,1-2H3,(H,26,28). The minimum atomic E-state index is -0.326. The summed E-state index contributed by atoms with van der Waals surface area (Å²) in [4.78, 5) is 29.0. The third kappa shape index (κ3) is 4.80. The van der Waals surface area contributed by atoms with Gasteiger partial charge >= 0.3 is 0 Å². The Morgan fingerprint density at radius 2 is 1.81 bits per heavy atom. The molecule has 2 aromatic heterocycles. The number of amides is 1. The van der Waals surface area contributed by atoms with E-state index in [-0.39, 0.29) is 24.7 Å². The largest absolute Gasteiger partial charge is 0.485 e. The van der Waals surface area contributed by atoms with Crippen LogP contribution >= 0.6 is 0 Å². The Hall–Kier alpha value is -4.07. The summed E-state index contributed by atoms with van der Waals surface area (Å²) in [5.41, 5.74) is 2.09. The molecule has 32 heavy (non-hydrogen) atoms. The lowest BCUT2D eigenvalue weighted by Crippen LogP contribution is -2.21. The van der Waals surface area contributed by atoms with Crippen molar-refractivity contribution in [1.82, 2.24) is 9.56 Å². The van der Waals surface area contributed by atoms with Gasteiger partial charge in [0.2, 0.25) is 0 Å². The van der Waals surface area contributed by atoms with E-state index in [9.17, 15) is 9.59 Å². The minimum Gasteiger partial charge on any atom is -0.485 e. The van der Waals surface area contributed by atoms with Gasteiger partial charge in [0.15, 0.2) is 12.3 Å². The van der Waals surface area contributed by atoms with Crippen molar-refractivity contribution in [2.75, 3.05) is 11.9 Å². The molecule has 2 heterocycles. The lowest BCUT2D eigenvalue weighted by molar-refractivity contribution is -0.118. The number of aryl methyl sites for hydroxylation is 2. The zero-order chi connectivity index (χ0) is 22.5. The van der Waals surface area contributed by atoms with Gasteiger partial charge in [-0.25, -0.2) is 4.98 Å². The monoisotopic (exact) mass is 433 g/mol. The van der Waals surface area contributed by atoms with Crippen molar-refractivity contribution in [2.45, 2.75) is 26.9 Å². The maximum atomic E-state index is 12.4. The topological polar surface area (TPSA) is 95.1 Å². The maximum absolute atomic E-state index is 12.4. The number of fused-ring (bicyclic) bond motifs is 1. The molecule has 1 amide bonds. The van der Waals surface area contributed by atoms with E-state index in [1.54, 1.807) is 37.3 Å². The first-order chi connectivity index (χ1) is 15.5. The number of nitrogens with one attached hydrogen (secondary N) is 1. The van der Waals surface area contributed by atoms with E-state index in [1.165, 1.54) is 6.07 Å². The van der Waals surface area contributed by atoms with Crippen LogP contribution < -0.4 is 20.3 Å². The number of nitrogens with zero attached hydrogens (tertiary/aromatic N) is 2. The molecule has 8 nitrogen and oxygen atoms in total. The van der Waals surface area contributed by atoms with Crippen LogP contribution in [0.1, 0.15) is 23.9 Å². The van der Waals surface area contributed by atoms with Crippen molar-refractivity contribution in [3.8, 4) is 11.5 Å². The molecule has 0 atom stereocenters. The molecule has 0 fully saturated rings. The third-order valence-electron chi connectivity index (χ3n) is 4.77. The Morgan fingerprint density at radius 1 is 1.06 bits per heavy atom. The molecule has 0 saturated heterocycles. The van der Waals surface area contributed by atoms with Gasteiger partial charge in [-0.3, -0.25) is 9.59 Å². The van der Waals surface area contributed by atoms with Gasteiger partial charge < -0.3 is 19.3 Å². The molecular weight excluding hydrogens is 410 g/mol. The van der Waals surface area contributed by atoms with Crippen molar-refractivity contribution in [3.05, 3.63) is 88.0 Å². The van der Waals surface area contributed by atoms with Gasteiger partial charge in [0.25, 0.3) is 11.5 Å². The normalized spacial score (nSPS) is 10.8. The number of anilines is 1. The van der Waals surface area contributed by atoms with Crippen LogP contribution in [-0.2, 0) is 17.8 Å². The molecule has 164 valence electrons. The summed E-state index contributed by atoms with van der Waals surface area (Å²) in [6.07, 6.45) is 0.816. The van der Waals surface area contributed by atoms with E-state index in [0.29, 0.717) is 34.3 Å². The number of aromatic nitrogens is 2. The Kier molecular flexibility index (Phi) is 6.21. The Labute approximate surface area is 184 Å². The summed E-state index contributed by atoms with van der Waals surface area (Å²) >= 11 is 0. The number of carbonyl (C=O) groups is 1. The maximum Gasteiger partial charge on any atom is 0.287 e. The number of hydrogen-bond donors (Lipinski definition) is 1. The highest BCUT2D eigenvalue weighted by Crippen LogP contribution is 2.25. The van der Waals surface area contributed by atoms with Gasteiger partial charge in [0.05, 0.1) is 11.4 Å². The number of rotatable bonds is 8. The predicted octanol–water partition coefficient (Wildman–Crippen LogP) is 3.75. The zero-order valence-electron chi connectivity index (χ0n) is 17.8. The molecule has 0 bridgehead atoms. The first-order valence-electron chi connectivity index (χ1n) is 10.3. The van der Waals surface area contributed by atoms with Crippen LogP contribution in [0.15, 0.2) is 70.0 Å². The smallest absolute Gasteiger partial charge is 0.287 e. The highest BCUT2D eigenvalue weighted by atomic mass is 16.5. The molecule has 0 saturated carbocycles. The van der Waals surface area contributed by atoms with Crippen molar-refractivity contribution in [2.24, 2.45) is 0 Å². The molecule has 8 heteroatoms. The van der Waals surface area contributed by atoms with Crippen LogP contribution in [-0.4, -0.2) is 22.1 Å². The average Bonchev–Trinajstić information content (AvgIpc) is 3.18. The fourth-order valence-electron chi connectivity index (χ4n) is 3.26. The van der Waals surface area contributed by atoms with Crippen LogP contribution in [0.2, 0.25) is 0 Å². The molecule has 0 spiro atoms. The molecule has 0 aliphatic rings. The summed E-state index contributed by atoms with van der Waals surface area (Å²) in [5.74, 6) is 1.43. The molecule has 0 radical (unpaired) electrons. The number of benzene rings is 2. The highest BCUT2D eigenvalue weighted by Gasteiger charge is 2.11. The second-order valence-corrected chi connectivity index (χ2v) is 7.17. The summed E-state index contributed by atoms with van der Waals surface area (Å²) in [6, 6.07) is 17.7. The highest BCUT2D eigenvalue weighted by molar-refractivity contribution is 5.93. The van der Waals surface area contributed by atoms with Crippen molar-refractivity contribution >= 4 is 17.2 Å². The second kappa shape index (κ2) is 9.38. The molecule has 2 aromatic carbocycles. The van der Waals surface area contributed by atoms with Gasteiger partial charge in [-0.15, -0.1) is 4.57 Å². The first kappa shape index (κ1) is 21.2. The second-order valence-electron chi connectivity index (χ2n) is 7.17. The first-order valence-corrected chi connectivity index (χ1v) is 10.3. The summed E-state index contributed by atoms with van der Waals surface area (Å²) < 4.78 is 17.9. The summed E-state index contributed by atoms with van der Waals surface area (Å²) in [7, 11) is 0. The fraction of sp³-hybridized carbons (Fsp3) is 0.208. The minimum absolute atomic E-state index is 0.0588. The van der Waals surface area contributed by atoms with Gasteiger partial charge in [0.1, 0.15) is 23.9 Å². The van der Waals surface area contributed by atoms with E-state index < -0.39 is 0 Å². The van der Waals surface area contributed by atoms with Crippen LogP contribution in [0.25, 0.3) is 5.65 Å². The summed E-state index contributed by atoms with van der Waals surface area (Å²) in [6.45, 7) is 3.71. The third-order valence-corrected chi connectivity index (χ3v) is 4.77. The molecule has 0 unspecified atom stereocenters. The number of hydrogen-bond acceptors (Lipinski definition) is 6. The fourth-order valence-corrected chi connectivity index (χ4v) is 3.26. The van der Waals surface area contributed by atoms with Crippen molar-refractivity contribution in [1.29, 1.82) is 0 Å². The van der Waals surface area contributed by atoms with Crippen LogP contribution in [0.5, 0.6) is 11.5 Å². The lowest BCUT2D eigenvalue weighted by Gasteiger charge is -2.13. The van der Waals surface area contributed by atoms with Crippen LogP contribution in [0.4, 0.5) is 5.69 Å². The van der Waals surface area contributed by atoms with E-state index in [0.717, 1.165) is 16.6 Å². The van der Waals surface area contributed by atoms with Gasteiger partial charge in [-0.1, -0.05) is 37.3 Å². The van der Waals surface area contributed by atoms with E-state index in [2.05, 4.69) is 10.3 Å². The van der Waals surface area contributed by atoms with Crippen molar-refractivity contribution in [3.63, 3.8) is 0 Å². The van der Waals surface area contributed by atoms with E-state index in [4.69, 9.17) is 14.0 Å². The van der Waals surface area contributed by atoms with Gasteiger partial charge in [0, 0.05) is 12.1 Å². The summed E-state index contributed by atoms with van der Waals surface area (Å²) in [5, 5.41) is 2.81. The number of para-hydroxylation sites is 3. The van der Waals surface area contributed by atoms with Crippen LogP contribution in [0, 0.1) is 6.92 Å². The SMILES string of the molecule is CCc1ccccc1OCC(=O)Nc1ccccc1OCc1cc(=O)n2oc(C)cc2n1. The lowest BCUT2D eigenvalue weighted by atomic mass is 10.1. The molecule has 4 rings (SSSR count). The molecule has 0 aliphatic carbocycles. The molecule has 1 N–H and O–H groups in total. The number of ether oxygens (including phenoxy) is 2. The van der Waals surface area contributed by atoms with E-state index in [1.807, 2.05) is 31.2 Å². The van der Waals surface area contributed by atoms with Gasteiger partial charge in [-0.05, 0) is 37.1 Å². The van der Waals surface area contributed by atoms with E-state index >= 15 is 0 Å². The zero-order valence-corrected chi connectivity index (χ0v) is 17.8. The molecule has 0 aliphatic heterocycles. The Bertz CT molecular complexity index is 1310. The Balaban J connectivity index is 1.41. The van der Waals surface area contributed by atoms with Crippen LogP contribution in [0.3, 0.4) is 0 Å². The Morgan fingerprint density at radius 3 is 2.62 bits per heavy atom. The van der Waals surface area contributed by atoms with Gasteiger partial charge in [-0.2, -0.15) is 0 Å². The predicted molar refractivity (Wildman–Crippen MR) is 119 cm³/mol. The molecular formula is C24H23N3O5. The molecule has 4 aromatic rings. The average molecular weight is 433 g/mol.